The van der Waals surface area contributed by atoms with Crippen molar-refractivity contribution in [2.24, 2.45) is 0 Å². The fraction of sp³-hybridized carbons (Fsp3) is 0.545. The lowest BCUT2D eigenvalue weighted by Crippen LogP contribution is -2.53. The molecule has 4 nitrogen and oxygen atoms in total. The van der Waals surface area contributed by atoms with Crippen molar-refractivity contribution in [3.63, 3.8) is 0 Å². The number of hydrogen-bond acceptors (Lipinski definition) is 3. The summed E-state index contributed by atoms with van der Waals surface area (Å²) in [6.07, 6.45) is 4.24. The average Bonchev–Trinajstić information content (AvgIpc) is 2.24. The second-order valence-electron chi connectivity index (χ2n) is 4.18. The quantitative estimate of drug-likeness (QED) is 0.880. The maximum atomic E-state index is 11.9. The Morgan fingerprint density at radius 2 is 2.25 bits per heavy atom. The van der Waals surface area contributed by atoms with Crippen LogP contribution in [0.5, 0.6) is 0 Å². The molecule has 0 bridgehead atoms. The third kappa shape index (κ3) is 2.16. The van der Waals surface area contributed by atoms with E-state index in [1.54, 1.807) is 12.1 Å². The molecule has 0 aliphatic heterocycles. The molecule has 1 aromatic rings. The van der Waals surface area contributed by atoms with Crippen molar-refractivity contribution in [1.82, 2.24) is 15.5 Å². The van der Waals surface area contributed by atoms with E-state index < -0.39 is 0 Å². The molecule has 0 saturated heterocycles. The Kier molecular flexibility index (Phi) is 3.10. The van der Waals surface area contributed by atoms with Crippen molar-refractivity contribution >= 4 is 17.5 Å². The number of rotatable bonds is 3. The number of halogens is 1. The van der Waals surface area contributed by atoms with E-state index in [4.69, 9.17) is 11.6 Å². The second-order valence-corrected chi connectivity index (χ2v) is 4.57. The van der Waals surface area contributed by atoms with Gasteiger partial charge in [-0.05, 0) is 37.8 Å². The van der Waals surface area contributed by atoms with Gasteiger partial charge in [-0.1, -0.05) is 18.5 Å². The number of amides is 1. The van der Waals surface area contributed by atoms with Gasteiger partial charge in [-0.15, -0.1) is 10.2 Å². The lowest BCUT2D eigenvalue weighted by Gasteiger charge is -2.41. The van der Waals surface area contributed by atoms with Crippen LogP contribution in [0, 0.1) is 0 Å². The Labute approximate surface area is 99.4 Å². The summed E-state index contributed by atoms with van der Waals surface area (Å²) < 4.78 is 0. The molecule has 1 aromatic heterocycles. The number of hydrogen-bond donors (Lipinski definition) is 1. The minimum atomic E-state index is -0.161. The Morgan fingerprint density at radius 3 is 2.69 bits per heavy atom. The summed E-state index contributed by atoms with van der Waals surface area (Å²) in [5.41, 5.74) is 0.308. The van der Waals surface area contributed by atoms with Crippen LogP contribution < -0.4 is 5.32 Å². The van der Waals surface area contributed by atoms with Gasteiger partial charge in [-0.3, -0.25) is 4.79 Å². The third-order valence-electron chi connectivity index (χ3n) is 3.23. The van der Waals surface area contributed by atoms with Crippen LogP contribution in [-0.2, 0) is 0 Å². The molecule has 1 heterocycles. The predicted molar refractivity (Wildman–Crippen MR) is 61.4 cm³/mol. The van der Waals surface area contributed by atoms with E-state index in [1.807, 2.05) is 0 Å². The highest BCUT2D eigenvalue weighted by Gasteiger charge is 2.36. The molecule has 5 heteroatoms. The summed E-state index contributed by atoms with van der Waals surface area (Å²) in [5.74, 6) is -0.161. The lowest BCUT2D eigenvalue weighted by molar-refractivity contribution is 0.0814. The van der Waals surface area contributed by atoms with E-state index in [0.29, 0.717) is 10.8 Å². The molecule has 0 radical (unpaired) electrons. The highest BCUT2D eigenvalue weighted by Crippen LogP contribution is 2.34. The topological polar surface area (TPSA) is 54.9 Å². The normalized spacial score (nSPS) is 17.6. The maximum absolute atomic E-state index is 11.9. The van der Waals surface area contributed by atoms with Crippen LogP contribution >= 0.6 is 11.6 Å². The zero-order valence-electron chi connectivity index (χ0n) is 9.16. The zero-order valence-corrected chi connectivity index (χ0v) is 9.92. The summed E-state index contributed by atoms with van der Waals surface area (Å²) in [5, 5.41) is 10.7. The molecule has 1 N–H and O–H groups in total. The maximum Gasteiger partial charge on any atom is 0.272 e. The van der Waals surface area contributed by atoms with Gasteiger partial charge >= 0.3 is 0 Å². The van der Waals surface area contributed by atoms with Crippen molar-refractivity contribution in [3.05, 3.63) is 23.0 Å². The lowest BCUT2D eigenvalue weighted by atomic mass is 9.75. The molecule has 0 aromatic carbocycles. The van der Waals surface area contributed by atoms with Crippen LogP contribution in [0.4, 0.5) is 0 Å². The Morgan fingerprint density at radius 1 is 1.50 bits per heavy atom. The largest absolute Gasteiger partial charge is 0.345 e. The van der Waals surface area contributed by atoms with E-state index in [1.165, 1.54) is 6.42 Å². The highest BCUT2D eigenvalue weighted by atomic mass is 35.5. The first-order valence-corrected chi connectivity index (χ1v) is 5.85. The minimum Gasteiger partial charge on any atom is -0.345 e. The molecule has 2 rings (SSSR count). The number of aromatic nitrogens is 2. The second kappa shape index (κ2) is 4.37. The van der Waals surface area contributed by atoms with Gasteiger partial charge in [-0.2, -0.15) is 0 Å². The van der Waals surface area contributed by atoms with Crippen molar-refractivity contribution in [2.75, 3.05) is 0 Å². The van der Waals surface area contributed by atoms with Gasteiger partial charge in [0.05, 0.1) is 0 Å². The fourth-order valence-electron chi connectivity index (χ4n) is 1.91. The van der Waals surface area contributed by atoms with E-state index >= 15 is 0 Å². The third-order valence-corrected chi connectivity index (χ3v) is 3.43. The Balaban J connectivity index is 2.05. The fourth-order valence-corrected chi connectivity index (χ4v) is 2.01. The first-order chi connectivity index (χ1) is 7.65. The van der Waals surface area contributed by atoms with Crippen molar-refractivity contribution in [3.8, 4) is 0 Å². The van der Waals surface area contributed by atoms with Crippen LogP contribution in [0.25, 0.3) is 0 Å². The molecular weight excluding hydrogens is 226 g/mol. The van der Waals surface area contributed by atoms with Gasteiger partial charge in [-0.25, -0.2) is 0 Å². The molecule has 0 unspecified atom stereocenters. The molecule has 1 aliphatic carbocycles. The van der Waals surface area contributed by atoms with Crippen LogP contribution in [0.3, 0.4) is 0 Å². The molecule has 16 heavy (non-hydrogen) atoms. The molecule has 0 atom stereocenters. The monoisotopic (exact) mass is 239 g/mol. The Hall–Kier alpha value is -1.16. The van der Waals surface area contributed by atoms with Crippen molar-refractivity contribution in [1.29, 1.82) is 0 Å². The molecule has 1 fully saturated rings. The van der Waals surface area contributed by atoms with Crippen molar-refractivity contribution in [2.45, 2.75) is 38.1 Å². The first-order valence-electron chi connectivity index (χ1n) is 5.47. The summed E-state index contributed by atoms with van der Waals surface area (Å²) in [6, 6.07) is 3.16. The summed E-state index contributed by atoms with van der Waals surface area (Å²) in [7, 11) is 0. The molecule has 1 aliphatic rings. The van der Waals surface area contributed by atoms with Crippen LogP contribution in [0.2, 0.25) is 5.15 Å². The molecule has 86 valence electrons. The standard InChI is InChI=1S/C11H14ClN3O/c1-2-11(6-3-7-11)13-10(16)8-4-5-9(12)15-14-8/h4-5H,2-3,6-7H2,1H3,(H,13,16). The first kappa shape index (κ1) is 11.3. The molecule has 0 spiro atoms. The highest BCUT2D eigenvalue weighted by molar-refractivity contribution is 6.29. The number of nitrogens with one attached hydrogen (secondary N) is 1. The van der Waals surface area contributed by atoms with Crippen molar-refractivity contribution < 1.29 is 4.79 Å². The van der Waals surface area contributed by atoms with E-state index in [0.717, 1.165) is 19.3 Å². The van der Waals surface area contributed by atoms with Gasteiger partial charge < -0.3 is 5.32 Å². The van der Waals surface area contributed by atoms with Gasteiger partial charge in [0, 0.05) is 5.54 Å². The Bertz CT molecular complexity index is 381. The number of carbonyl (C=O) groups excluding carboxylic acids is 1. The minimum absolute atomic E-state index is 0.0155. The number of nitrogens with zero attached hydrogens (tertiary/aromatic N) is 2. The summed E-state index contributed by atoms with van der Waals surface area (Å²) in [4.78, 5) is 11.9. The van der Waals surface area contributed by atoms with Crippen LogP contribution in [0.15, 0.2) is 12.1 Å². The van der Waals surface area contributed by atoms with Crippen LogP contribution in [0.1, 0.15) is 43.1 Å². The van der Waals surface area contributed by atoms with E-state index in [9.17, 15) is 4.79 Å². The molecular formula is C11H14ClN3O. The van der Waals surface area contributed by atoms with Gasteiger partial charge in [0.2, 0.25) is 0 Å². The smallest absolute Gasteiger partial charge is 0.272 e. The number of carbonyl (C=O) groups is 1. The summed E-state index contributed by atoms with van der Waals surface area (Å²) in [6.45, 7) is 2.09. The van der Waals surface area contributed by atoms with E-state index in [2.05, 4.69) is 22.4 Å². The molecule has 1 amide bonds. The van der Waals surface area contributed by atoms with Crippen LogP contribution in [-0.4, -0.2) is 21.6 Å². The van der Waals surface area contributed by atoms with Gasteiger partial charge in [0.15, 0.2) is 10.8 Å². The van der Waals surface area contributed by atoms with Gasteiger partial charge in [0.25, 0.3) is 5.91 Å². The predicted octanol–water partition coefficient (Wildman–Crippen LogP) is 2.19. The van der Waals surface area contributed by atoms with E-state index in [-0.39, 0.29) is 11.4 Å². The molecule has 1 saturated carbocycles. The SMILES string of the molecule is CCC1(NC(=O)c2ccc(Cl)nn2)CCC1. The summed E-state index contributed by atoms with van der Waals surface area (Å²) >= 11 is 5.61. The zero-order chi connectivity index (χ0) is 11.6. The van der Waals surface area contributed by atoms with Gasteiger partial charge in [0.1, 0.15) is 0 Å². The average molecular weight is 240 g/mol.